The average molecular weight is 618 g/mol. The number of aryl methyl sites for hydroxylation is 2. The minimum absolute atomic E-state index is 0.101. The number of para-hydroxylation sites is 2. The highest BCUT2D eigenvalue weighted by molar-refractivity contribution is 7.93. The average Bonchev–Trinajstić information content (AvgIpc) is 2.97. The van der Waals surface area contributed by atoms with Crippen molar-refractivity contribution in [2.75, 3.05) is 15.2 Å². The lowest BCUT2D eigenvalue weighted by Crippen LogP contribution is -2.59. The molecular formula is C32H31N3O6S2. The second-order valence-electron chi connectivity index (χ2n) is 10.8. The Morgan fingerprint density at radius 1 is 0.651 bits per heavy atom. The van der Waals surface area contributed by atoms with Crippen molar-refractivity contribution in [1.82, 2.24) is 4.90 Å². The Morgan fingerprint density at radius 2 is 1.05 bits per heavy atom. The molecule has 0 fully saturated rings. The topological polar surface area (TPSA) is 115 Å². The number of benzene rings is 4. The van der Waals surface area contributed by atoms with E-state index in [0.717, 1.165) is 11.1 Å². The van der Waals surface area contributed by atoms with E-state index in [2.05, 4.69) is 0 Å². The van der Waals surface area contributed by atoms with Crippen molar-refractivity contribution in [3.05, 3.63) is 119 Å². The summed E-state index contributed by atoms with van der Waals surface area (Å²) in [5.41, 5.74) is 3.52. The molecule has 0 amide bonds. The van der Waals surface area contributed by atoms with Gasteiger partial charge in [0.2, 0.25) is 0 Å². The Morgan fingerprint density at radius 3 is 1.44 bits per heavy atom. The molecule has 2 aliphatic rings. The smallest absolute Gasteiger partial charge is 0.303 e. The zero-order valence-corrected chi connectivity index (χ0v) is 25.3. The van der Waals surface area contributed by atoms with Gasteiger partial charge < -0.3 is 5.11 Å². The maximum Gasteiger partial charge on any atom is 0.303 e. The minimum Gasteiger partial charge on any atom is -0.481 e. The predicted octanol–water partition coefficient (Wildman–Crippen LogP) is 5.59. The Balaban J connectivity index is 1.63. The van der Waals surface area contributed by atoms with Crippen LogP contribution >= 0.6 is 0 Å². The summed E-state index contributed by atoms with van der Waals surface area (Å²) in [5, 5.41) is 9.43. The van der Waals surface area contributed by atoms with Gasteiger partial charge in [-0.05, 0) is 56.7 Å². The molecule has 2 unspecified atom stereocenters. The number of sulfonamides is 2. The summed E-state index contributed by atoms with van der Waals surface area (Å²) < 4.78 is 60.7. The molecule has 4 aromatic carbocycles. The van der Waals surface area contributed by atoms with E-state index < -0.39 is 38.3 Å². The highest BCUT2D eigenvalue weighted by Gasteiger charge is 2.54. The molecular weight excluding hydrogens is 587 g/mol. The quantitative estimate of drug-likeness (QED) is 0.274. The zero-order chi connectivity index (χ0) is 30.5. The van der Waals surface area contributed by atoms with Gasteiger partial charge in [-0.25, -0.2) is 25.4 Å². The summed E-state index contributed by atoms with van der Waals surface area (Å²) in [5.74, 6) is -0.990. The van der Waals surface area contributed by atoms with Crippen LogP contribution in [0.4, 0.5) is 11.4 Å². The second kappa shape index (κ2) is 10.8. The fraction of sp³-hybridized carbons (Fsp3) is 0.219. The molecule has 2 atom stereocenters. The number of hydrogen-bond acceptors (Lipinski definition) is 6. The molecule has 2 aliphatic heterocycles. The van der Waals surface area contributed by atoms with Crippen LogP contribution in [-0.2, 0) is 24.8 Å². The van der Waals surface area contributed by atoms with E-state index in [9.17, 15) is 26.7 Å². The van der Waals surface area contributed by atoms with Crippen LogP contribution < -0.4 is 8.61 Å². The van der Waals surface area contributed by atoms with Crippen LogP contribution in [0.15, 0.2) is 107 Å². The number of hydrogen-bond donors (Lipinski definition) is 1. The molecule has 0 saturated carbocycles. The molecule has 2 heterocycles. The summed E-state index contributed by atoms with van der Waals surface area (Å²) in [4.78, 5) is 13.5. The standard InChI is InChI=1S/C32H31N3O6S2/c1-22-13-17-24(18-14-22)42(38,39)34-28-10-5-3-8-26(28)32-33(21-7-12-30(36)37)31(34)27-9-4-6-11-29(27)35(32)43(40,41)25-19-15-23(2)16-20-25/h3-6,8-11,13-20,31-32H,7,12,21H2,1-2H3,(H,36,37). The third-order valence-electron chi connectivity index (χ3n) is 7.94. The maximum atomic E-state index is 14.5. The lowest BCUT2D eigenvalue weighted by atomic mass is 9.95. The molecule has 11 heteroatoms. The van der Waals surface area contributed by atoms with Crippen molar-refractivity contribution in [2.24, 2.45) is 0 Å². The van der Waals surface area contributed by atoms with Gasteiger partial charge >= 0.3 is 5.97 Å². The third-order valence-corrected chi connectivity index (χ3v) is 11.5. The molecule has 43 heavy (non-hydrogen) atoms. The number of carboxylic acid groups (broad SMARTS) is 1. The molecule has 0 radical (unpaired) electrons. The van der Waals surface area contributed by atoms with Crippen LogP contribution in [0.5, 0.6) is 0 Å². The van der Waals surface area contributed by atoms with Crippen LogP contribution in [0.1, 0.15) is 47.4 Å². The first-order valence-corrected chi connectivity index (χ1v) is 16.8. The fourth-order valence-corrected chi connectivity index (χ4v) is 9.18. The van der Waals surface area contributed by atoms with Crippen molar-refractivity contribution in [3.63, 3.8) is 0 Å². The van der Waals surface area contributed by atoms with Crippen LogP contribution in [0.25, 0.3) is 0 Å². The van der Waals surface area contributed by atoms with E-state index >= 15 is 0 Å². The van der Waals surface area contributed by atoms with Crippen LogP contribution in [0.3, 0.4) is 0 Å². The molecule has 0 saturated heterocycles. The SMILES string of the molecule is Cc1ccc(S(=O)(=O)N2c3ccccc3C3N(CCCC(=O)O)C2c2ccccc2N3S(=O)(=O)c2ccc(C)cc2)cc1. The molecule has 0 aliphatic carbocycles. The summed E-state index contributed by atoms with van der Waals surface area (Å²) in [6.45, 7) is 3.88. The van der Waals surface area contributed by atoms with E-state index in [4.69, 9.17) is 0 Å². The summed E-state index contributed by atoms with van der Waals surface area (Å²) >= 11 is 0. The first kappa shape index (κ1) is 28.9. The highest BCUT2D eigenvalue weighted by Crippen LogP contribution is 2.56. The summed E-state index contributed by atoms with van der Waals surface area (Å²) in [6.07, 6.45) is -1.83. The highest BCUT2D eigenvalue weighted by atomic mass is 32.2. The first-order chi connectivity index (χ1) is 20.5. The van der Waals surface area contributed by atoms with Crippen molar-refractivity contribution in [1.29, 1.82) is 0 Å². The lowest BCUT2D eigenvalue weighted by Gasteiger charge is -2.56. The number of fused-ring (bicyclic) bond motifs is 6. The van der Waals surface area contributed by atoms with Crippen LogP contribution in [0.2, 0.25) is 0 Å². The molecule has 2 bridgehead atoms. The van der Waals surface area contributed by atoms with Gasteiger partial charge in [0.15, 0.2) is 0 Å². The molecule has 9 nitrogen and oxygen atoms in total. The lowest BCUT2D eigenvalue weighted by molar-refractivity contribution is -0.137. The summed E-state index contributed by atoms with van der Waals surface area (Å²) in [7, 11) is -8.33. The van der Waals surface area contributed by atoms with Gasteiger partial charge in [-0.2, -0.15) is 0 Å². The number of carboxylic acids is 1. The largest absolute Gasteiger partial charge is 0.481 e. The zero-order valence-electron chi connectivity index (χ0n) is 23.7. The van der Waals surface area contributed by atoms with E-state index in [1.807, 2.05) is 13.8 Å². The van der Waals surface area contributed by atoms with Crippen molar-refractivity contribution in [3.8, 4) is 0 Å². The van der Waals surface area contributed by atoms with Crippen molar-refractivity contribution >= 4 is 37.4 Å². The minimum atomic E-state index is -4.16. The van der Waals surface area contributed by atoms with E-state index in [-0.39, 0.29) is 29.2 Å². The molecule has 222 valence electrons. The maximum absolute atomic E-state index is 14.5. The van der Waals surface area contributed by atoms with Crippen LogP contribution in [0, 0.1) is 13.8 Å². The second-order valence-corrected chi connectivity index (χ2v) is 14.5. The van der Waals surface area contributed by atoms with Crippen LogP contribution in [-0.4, -0.2) is 39.4 Å². The molecule has 0 spiro atoms. The Kier molecular flexibility index (Phi) is 7.27. The van der Waals surface area contributed by atoms with Gasteiger partial charge in [0.25, 0.3) is 20.0 Å². The van der Waals surface area contributed by atoms with Gasteiger partial charge in [0.05, 0.1) is 21.2 Å². The Labute approximate surface area is 251 Å². The number of anilines is 2. The predicted molar refractivity (Wildman–Crippen MR) is 164 cm³/mol. The van der Waals surface area contributed by atoms with E-state index in [1.54, 1.807) is 102 Å². The Bertz CT molecular complexity index is 1780. The molecule has 4 aromatic rings. The van der Waals surface area contributed by atoms with Gasteiger partial charge in [-0.3, -0.25) is 9.69 Å². The van der Waals surface area contributed by atoms with E-state index in [1.165, 1.54) is 8.61 Å². The first-order valence-electron chi connectivity index (χ1n) is 13.9. The normalized spacial score (nSPS) is 18.2. The van der Waals surface area contributed by atoms with Gasteiger partial charge in [0, 0.05) is 24.1 Å². The van der Waals surface area contributed by atoms with Gasteiger partial charge in [0.1, 0.15) is 12.3 Å². The molecule has 0 aromatic heterocycles. The summed E-state index contributed by atoms with van der Waals surface area (Å²) in [6, 6.07) is 27.1. The van der Waals surface area contributed by atoms with Crippen molar-refractivity contribution in [2.45, 2.75) is 48.8 Å². The van der Waals surface area contributed by atoms with Gasteiger partial charge in [-0.1, -0.05) is 71.8 Å². The van der Waals surface area contributed by atoms with Crippen molar-refractivity contribution < 1.29 is 26.7 Å². The number of carbonyl (C=O) groups is 1. The molecule has 1 N–H and O–H groups in total. The van der Waals surface area contributed by atoms with Gasteiger partial charge in [-0.15, -0.1) is 0 Å². The monoisotopic (exact) mass is 617 g/mol. The Hall–Kier alpha value is -4.19. The number of nitrogens with zero attached hydrogens (tertiary/aromatic N) is 3. The number of rotatable bonds is 8. The van der Waals surface area contributed by atoms with E-state index in [0.29, 0.717) is 22.5 Å². The molecule has 6 rings (SSSR count). The third kappa shape index (κ3) is 4.87. The fourth-order valence-electron chi connectivity index (χ4n) is 5.92. The number of aliphatic carboxylic acids is 1.